The predicted molar refractivity (Wildman–Crippen MR) is 128 cm³/mol. The molecule has 1 atom stereocenters. The molecule has 7 heteroatoms. The number of methoxy groups -OCH3 is 1. The van der Waals surface area contributed by atoms with Crippen LogP contribution in [0.2, 0.25) is 0 Å². The molecule has 1 aliphatic carbocycles. The number of aliphatic imine (C=N–C) groups is 1. The van der Waals surface area contributed by atoms with Crippen LogP contribution in [-0.4, -0.2) is 76.1 Å². The van der Waals surface area contributed by atoms with E-state index >= 15 is 0 Å². The third-order valence-corrected chi connectivity index (χ3v) is 6.43. The maximum atomic E-state index is 12.9. The van der Waals surface area contributed by atoms with E-state index in [1.807, 2.05) is 26.2 Å². The van der Waals surface area contributed by atoms with Gasteiger partial charge in [-0.2, -0.15) is 0 Å². The van der Waals surface area contributed by atoms with Crippen LogP contribution in [0.3, 0.4) is 0 Å². The molecule has 1 aromatic carbocycles. The first kappa shape index (κ1) is 25.0. The lowest BCUT2D eigenvalue weighted by molar-refractivity contribution is -0.138. The van der Waals surface area contributed by atoms with Crippen molar-refractivity contribution in [3.63, 3.8) is 0 Å². The van der Waals surface area contributed by atoms with Gasteiger partial charge in [0.05, 0.1) is 18.6 Å². The maximum Gasteiger partial charge on any atom is 0.230 e. The fourth-order valence-electron chi connectivity index (χ4n) is 4.63. The SMILES string of the molecule is CCN(CC)C(CNC(=NC)NCC1(C(=O)N(C)C)CCCC1)c1cccc(OC)c1. The number of ether oxygens (including phenoxy) is 1. The van der Waals surface area contributed by atoms with Crippen LogP contribution in [0.15, 0.2) is 29.3 Å². The van der Waals surface area contributed by atoms with Crippen LogP contribution in [0.25, 0.3) is 0 Å². The van der Waals surface area contributed by atoms with Crippen molar-refractivity contribution in [1.29, 1.82) is 0 Å². The van der Waals surface area contributed by atoms with E-state index in [2.05, 4.69) is 46.5 Å². The second-order valence-corrected chi connectivity index (χ2v) is 8.51. The quantitative estimate of drug-likeness (QED) is 0.440. The van der Waals surface area contributed by atoms with Crippen LogP contribution in [0.1, 0.15) is 51.1 Å². The van der Waals surface area contributed by atoms with Crippen LogP contribution in [-0.2, 0) is 4.79 Å². The van der Waals surface area contributed by atoms with E-state index in [0.29, 0.717) is 13.1 Å². The predicted octanol–water partition coefficient (Wildman–Crippen LogP) is 2.89. The molecule has 0 aliphatic heterocycles. The number of benzene rings is 1. The molecule has 2 rings (SSSR count). The molecule has 1 amide bonds. The summed E-state index contributed by atoms with van der Waals surface area (Å²) in [6.45, 7) is 7.59. The molecular formula is C24H41N5O2. The van der Waals surface area contributed by atoms with E-state index < -0.39 is 0 Å². The van der Waals surface area contributed by atoms with Crippen LogP contribution in [0.4, 0.5) is 0 Å². The molecule has 2 N–H and O–H groups in total. The lowest BCUT2D eigenvalue weighted by Gasteiger charge is -2.33. The highest BCUT2D eigenvalue weighted by atomic mass is 16.5. The molecule has 0 bridgehead atoms. The van der Waals surface area contributed by atoms with Gasteiger partial charge in [-0.05, 0) is 43.6 Å². The first-order valence-electron chi connectivity index (χ1n) is 11.4. The highest BCUT2D eigenvalue weighted by Crippen LogP contribution is 2.38. The van der Waals surface area contributed by atoms with Crippen molar-refractivity contribution in [2.45, 2.75) is 45.6 Å². The number of hydrogen-bond acceptors (Lipinski definition) is 4. The van der Waals surface area contributed by atoms with Crippen molar-refractivity contribution in [3.05, 3.63) is 29.8 Å². The molecule has 31 heavy (non-hydrogen) atoms. The Bertz CT molecular complexity index is 724. The van der Waals surface area contributed by atoms with Crippen molar-refractivity contribution >= 4 is 11.9 Å². The number of nitrogens with zero attached hydrogens (tertiary/aromatic N) is 3. The van der Waals surface area contributed by atoms with Gasteiger partial charge in [0, 0.05) is 34.2 Å². The van der Waals surface area contributed by atoms with Gasteiger partial charge in [0.15, 0.2) is 5.96 Å². The fraction of sp³-hybridized carbons (Fsp3) is 0.667. The largest absolute Gasteiger partial charge is 0.497 e. The number of nitrogens with one attached hydrogen (secondary N) is 2. The summed E-state index contributed by atoms with van der Waals surface area (Å²) in [6.07, 6.45) is 4.07. The first-order chi connectivity index (χ1) is 14.9. The molecule has 1 aliphatic rings. The molecule has 0 spiro atoms. The molecule has 1 aromatic rings. The normalized spacial score (nSPS) is 16.8. The van der Waals surface area contributed by atoms with E-state index in [1.54, 1.807) is 19.1 Å². The second-order valence-electron chi connectivity index (χ2n) is 8.51. The Hall–Kier alpha value is -2.28. The monoisotopic (exact) mass is 431 g/mol. The third-order valence-electron chi connectivity index (χ3n) is 6.43. The number of rotatable bonds is 10. The topological polar surface area (TPSA) is 69.2 Å². The summed E-state index contributed by atoms with van der Waals surface area (Å²) in [4.78, 5) is 21.4. The van der Waals surface area contributed by atoms with Crippen LogP contribution < -0.4 is 15.4 Å². The average molecular weight is 432 g/mol. The summed E-state index contributed by atoms with van der Waals surface area (Å²) in [7, 11) is 7.17. The first-order valence-corrected chi connectivity index (χ1v) is 11.4. The molecule has 7 nitrogen and oxygen atoms in total. The molecule has 0 aromatic heterocycles. The average Bonchev–Trinajstić information content (AvgIpc) is 3.27. The van der Waals surface area contributed by atoms with Gasteiger partial charge in [-0.15, -0.1) is 0 Å². The summed E-state index contributed by atoms with van der Waals surface area (Å²) in [5.74, 6) is 1.81. The number of guanidine groups is 1. The van der Waals surface area contributed by atoms with Gasteiger partial charge >= 0.3 is 0 Å². The second kappa shape index (κ2) is 11.9. The molecule has 174 valence electrons. The van der Waals surface area contributed by atoms with E-state index in [0.717, 1.165) is 50.5 Å². The Balaban J connectivity index is 2.09. The van der Waals surface area contributed by atoms with Gasteiger partial charge < -0.3 is 20.3 Å². The minimum Gasteiger partial charge on any atom is -0.497 e. The zero-order valence-corrected chi connectivity index (χ0v) is 20.2. The van der Waals surface area contributed by atoms with Gasteiger partial charge in [0.1, 0.15) is 5.75 Å². The highest BCUT2D eigenvalue weighted by Gasteiger charge is 2.42. The lowest BCUT2D eigenvalue weighted by atomic mass is 9.84. The Labute approximate surface area is 188 Å². The maximum absolute atomic E-state index is 12.9. The van der Waals surface area contributed by atoms with Gasteiger partial charge in [0.25, 0.3) is 0 Å². The third kappa shape index (κ3) is 6.35. The summed E-state index contributed by atoms with van der Waals surface area (Å²) in [5, 5.41) is 6.94. The fourth-order valence-corrected chi connectivity index (χ4v) is 4.63. The van der Waals surface area contributed by atoms with Crippen molar-refractivity contribution in [1.82, 2.24) is 20.4 Å². The smallest absolute Gasteiger partial charge is 0.230 e. The zero-order chi connectivity index (χ0) is 22.9. The van der Waals surface area contributed by atoms with Crippen LogP contribution in [0, 0.1) is 5.41 Å². The van der Waals surface area contributed by atoms with E-state index in [4.69, 9.17) is 4.74 Å². The number of hydrogen-bond donors (Lipinski definition) is 2. The Morgan fingerprint density at radius 2 is 1.87 bits per heavy atom. The Morgan fingerprint density at radius 1 is 1.19 bits per heavy atom. The molecule has 1 saturated carbocycles. The molecule has 0 saturated heterocycles. The van der Waals surface area contributed by atoms with Gasteiger partial charge in [-0.25, -0.2) is 0 Å². The molecule has 1 fully saturated rings. The number of likely N-dealkylation sites (N-methyl/N-ethyl adjacent to an activating group) is 1. The van der Waals surface area contributed by atoms with Crippen molar-refractivity contribution in [3.8, 4) is 5.75 Å². The lowest BCUT2D eigenvalue weighted by Crippen LogP contribution is -2.50. The minimum absolute atomic E-state index is 0.187. The van der Waals surface area contributed by atoms with Gasteiger partial charge in [-0.3, -0.25) is 14.7 Å². The van der Waals surface area contributed by atoms with Crippen molar-refractivity contribution in [2.75, 3.05) is 54.4 Å². The number of carbonyl (C=O) groups excluding carboxylic acids is 1. The number of carbonyl (C=O) groups is 1. The standard InChI is InChI=1S/C24H41N5O2/c1-7-29(8-2)21(19-12-11-13-20(16-19)31-6)17-26-23(25-3)27-18-24(14-9-10-15-24)22(30)28(4)5/h11-13,16,21H,7-10,14-15,17-18H2,1-6H3,(H2,25,26,27). The van der Waals surface area contributed by atoms with Crippen LogP contribution in [0.5, 0.6) is 5.75 Å². The Morgan fingerprint density at radius 3 is 2.42 bits per heavy atom. The number of amides is 1. The molecule has 0 radical (unpaired) electrons. The van der Waals surface area contributed by atoms with Crippen molar-refractivity contribution < 1.29 is 9.53 Å². The summed E-state index contributed by atoms with van der Waals surface area (Å²) >= 11 is 0. The minimum atomic E-state index is -0.327. The van der Waals surface area contributed by atoms with Crippen LogP contribution >= 0.6 is 0 Å². The zero-order valence-electron chi connectivity index (χ0n) is 20.2. The summed E-state index contributed by atoms with van der Waals surface area (Å²) in [5.41, 5.74) is 0.882. The molecular weight excluding hydrogens is 390 g/mol. The van der Waals surface area contributed by atoms with E-state index in [-0.39, 0.29) is 17.4 Å². The van der Waals surface area contributed by atoms with Crippen molar-refractivity contribution in [2.24, 2.45) is 10.4 Å². The van der Waals surface area contributed by atoms with Gasteiger partial charge in [-0.1, -0.05) is 38.8 Å². The van der Waals surface area contributed by atoms with E-state index in [9.17, 15) is 4.79 Å². The molecule has 0 heterocycles. The Kier molecular flexibility index (Phi) is 9.62. The molecule has 1 unspecified atom stereocenters. The van der Waals surface area contributed by atoms with E-state index in [1.165, 1.54) is 5.56 Å². The summed E-state index contributed by atoms with van der Waals surface area (Å²) in [6, 6.07) is 8.44. The van der Waals surface area contributed by atoms with Gasteiger partial charge in [0.2, 0.25) is 5.91 Å². The summed E-state index contributed by atoms with van der Waals surface area (Å²) < 4.78 is 5.44. The highest BCUT2D eigenvalue weighted by molar-refractivity contribution is 5.85.